The van der Waals surface area contributed by atoms with Crippen LogP contribution in [0.15, 0.2) is 24.3 Å². The lowest BCUT2D eigenvalue weighted by atomic mass is 10.1. The maximum atomic E-state index is 9.54. The Morgan fingerprint density at radius 1 is 1.36 bits per heavy atom. The molecule has 14 heavy (non-hydrogen) atoms. The van der Waals surface area contributed by atoms with Crippen LogP contribution in [-0.2, 0) is 0 Å². The molecule has 0 fully saturated rings. The molecule has 0 heterocycles. The summed E-state index contributed by atoms with van der Waals surface area (Å²) in [6, 6.07) is 6.29. The second-order valence-electron chi connectivity index (χ2n) is 3.48. The third-order valence-electron chi connectivity index (χ3n) is 1.83. The first-order valence-corrected chi connectivity index (χ1v) is 4.38. The van der Waals surface area contributed by atoms with E-state index in [0.29, 0.717) is 5.75 Å². The molecule has 78 valence electrons. The van der Waals surface area contributed by atoms with Gasteiger partial charge in [0.1, 0.15) is 23.7 Å². The van der Waals surface area contributed by atoms with Crippen LogP contribution >= 0.6 is 0 Å². The van der Waals surface area contributed by atoms with Crippen molar-refractivity contribution in [3.63, 3.8) is 0 Å². The Morgan fingerprint density at radius 2 is 1.93 bits per heavy atom. The molecule has 0 bridgehead atoms. The van der Waals surface area contributed by atoms with Crippen LogP contribution in [0, 0.1) is 0 Å². The summed E-state index contributed by atoms with van der Waals surface area (Å²) >= 11 is 0. The number of phenolic OH excluding ortho intramolecular Hbond substituents is 1. The third-order valence-corrected chi connectivity index (χ3v) is 1.83. The minimum absolute atomic E-state index is 0.133. The Labute approximate surface area is 82.9 Å². The van der Waals surface area contributed by atoms with Crippen LogP contribution in [0.25, 0.3) is 0 Å². The molecular formula is C10H15NO3. The molecule has 0 amide bonds. The third kappa shape index (κ3) is 3.24. The highest BCUT2D eigenvalue weighted by molar-refractivity contribution is 5.30. The average Bonchev–Trinajstić information content (AvgIpc) is 2.17. The number of phenols is 1. The number of nitrogens with two attached hydrogens (primary N) is 1. The molecule has 1 unspecified atom stereocenters. The van der Waals surface area contributed by atoms with Crippen molar-refractivity contribution in [1.82, 2.24) is 0 Å². The molecule has 1 aromatic rings. The average molecular weight is 197 g/mol. The van der Waals surface area contributed by atoms with Gasteiger partial charge in [0.2, 0.25) is 0 Å². The van der Waals surface area contributed by atoms with Gasteiger partial charge >= 0.3 is 0 Å². The van der Waals surface area contributed by atoms with Crippen molar-refractivity contribution < 1.29 is 14.9 Å². The van der Waals surface area contributed by atoms with Crippen molar-refractivity contribution in [2.45, 2.75) is 12.5 Å². The number of rotatable bonds is 4. The van der Waals surface area contributed by atoms with Gasteiger partial charge in [0.05, 0.1) is 0 Å². The van der Waals surface area contributed by atoms with Gasteiger partial charge in [0, 0.05) is 6.54 Å². The maximum Gasteiger partial charge on any atom is 0.119 e. The number of aromatic hydroxyl groups is 1. The van der Waals surface area contributed by atoms with Crippen molar-refractivity contribution in [3.05, 3.63) is 24.3 Å². The minimum Gasteiger partial charge on any atom is -0.508 e. The van der Waals surface area contributed by atoms with E-state index >= 15 is 0 Å². The van der Waals surface area contributed by atoms with Crippen LogP contribution in [0.5, 0.6) is 11.5 Å². The largest absolute Gasteiger partial charge is 0.508 e. The second-order valence-corrected chi connectivity index (χ2v) is 3.48. The Hall–Kier alpha value is -1.26. The summed E-state index contributed by atoms with van der Waals surface area (Å²) in [6.07, 6.45) is 0. The van der Waals surface area contributed by atoms with E-state index in [-0.39, 0.29) is 18.9 Å². The molecule has 0 saturated heterocycles. The fraction of sp³-hybridized carbons (Fsp3) is 0.400. The van der Waals surface area contributed by atoms with Gasteiger partial charge in [-0.05, 0) is 31.2 Å². The highest BCUT2D eigenvalue weighted by atomic mass is 16.5. The van der Waals surface area contributed by atoms with E-state index in [1.807, 2.05) is 0 Å². The van der Waals surface area contributed by atoms with E-state index in [9.17, 15) is 5.11 Å². The number of hydrogen-bond donors (Lipinski definition) is 3. The zero-order valence-corrected chi connectivity index (χ0v) is 8.10. The monoisotopic (exact) mass is 197 g/mol. The molecule has 1 aromatic carbocycles. The normalized spacial score (nSPS) is 14.8. The molecule has 0 radical (unpaired) electrons. The van der Waals surface area contributed by atoms with Crippen molar-refractivity contribution in [2.24, 2.45) is 5.73 Å². The molecule has 1 atom stereocenters. The van der Waals surface area contributed by atoms with Crippen LogP contribution in [0.4, 0.5) is 0 Å². The van der Waals surface area contributed by atoms with Crippen LogP contribution in [-0.4, -0.2) is 29.0 Å². The summed E-state index contributed by atoms with van der Waals surface area (Å²) in [7, 11) is 0. The van der Waals surface area contributed by atoms with Crippen LogP contribution in [0.2, 0.25) is 0 Å². The van der Waals surface area contributed by atoms with E-state index in [2.05, 4.69) is 0 Å². The summed E-state index contributed by atoms with van der Waals surface area (Å²) in [4.78, 5) is 0. The second kappa shape index (κ2) is 4.30. The number of aliphatic hydroxyl groups is 1. The fourth-order valence-corrected chi connectivity index (χ4v) is 0.840. The Kier molecular flexibility index (Phi) is 3.33. The van der Waals surface area contributed by atoms with E-state index in [1.54, 1.807) is 19.1 Å². The lowest BCUT2D eigenvalue weighted by Crippen LogP contribution is -2.40. The molecule has 0 aliphatic rings. The topological polar surface area (TPSA) is 75.7 Å². The molecular weight excluding hydrogens is 182 g/mol. The van der Waals surface area contributed by atoms with Gasteiger partial charge in [-0.25, -0.2) is 0 Å². The summed E-state index contributed by atoms with van der Waals surface area (Å²) in [5.74, 6) is 0.777. The minimum atomic E-state index is -1.02. The zero-order chi connectivity index (χ0) is 10.6. The molecule has 1 rings (SSSR count). The molecule has 4 heteroatoms. The van der Waals surface area contributed by atoms with Crippen LogP contribution in [0.3, 0.4) is 0 Å². The highest BCUT2D eigenvalue weighted by Crippen LogP contribution is 2.16. The molecule has 0 aromatic heterocycles. The molecule has 0 aliphatic carbocycles. The summed E-state index contributed by atoms with van der Waals surface area (Å²) in [5.41, 5.74) is 4.31. The van der Waals surface area contributed by atoms with Crippen LogP contribution < -0.4 is 10.5 Å². The van der Waals surface area contributed by atoms with Gasteiger partial charge in [-0.3, -0.25) is 0 Å². The van der Waals surface area contributed by atoms with Crippen molar-refractivity contribution >= 4 is 0 Å². The Bertz CT molecular complexity index is 282. The predicted octanol–water partition coefficient (Wildman–Crippen LogP) is 0.481. The first-order valence-electron chi connectivity index (χ1n) is 4.38. The smallest absolute Gasteiger partial charge is 0.119 e. The molecule has 4 N–H and O–H groups in total. The lowest BCUT2D eigenvalue weighted by Gasteiger charge is -2.21. The number of hydrogen-bond acceptors (Lipinski definition) is 4. The van der Waals surface area contributed by atoms with E-state index in [4.69, 9.17) is 15.6 Å². The van der Waals surface area contributed by atoms with Crippen molar-refractivity contribution in [3.8, 4) is 11.5 Å². The lowest BCUT2D eigenvalue weighted by molar-refractivity contribution is 0.0195. The van der Waals surface area contributed by atoms with Gasteiger partial charge in [-0.2, -0.15) is 0 Å². The van der Waals surface area contributed by atoms with Crippen molar-refractivity contribution in [2.75, 3.05) is 13.2 Å². The molecule has 0 saturated carbocycles. The Morgan fingerprint density at radius 3 is 2.43 bits per heavy atom. The maximum absolute atomic E-state index is 9.54. The first-order chi connectivity index (χ1) is 6.53. The number of benzene rings is 1. The summed E-state index contributed by atoms with van der Waals surface area (Å²) < 4.78 is 5.28. The molecule has 0 aliphatic heterocycles. The van der Waals surface area contributed by atoms with Gasteiger partial charge in [-0.1, -0.05) is 0 Å². The molecule has 4 nitrogen and oxygen atoms in total. The standard InChI is InChI=1S/C10H15NO3/c1-10(13,6-11)7-14-9-4-2-8(12)3-5-9/h2-5,12-13H,6-7,11H2,1H3. The summed E-state index contributed by atoms with van der Waals surface area (Å²) in [6.45, 7) is 1.88. The quantitative estimate of drug-likeness (QED) is 0.656. The van der Waals surface area contributed by atoms with E-state index in [0.717, 1.165) is 0 Å². The van der Waals surface area contributed by atoms with Gasteiger partial charge in [0.25, 0.3) is 0 Å². The predicted molar refractivity (Wildman–Crippen MR) is 53.3 cm³/mol. The Balaban J connectivity index is 2.50. The van der Waals surface area contributed by atoms with E-state index < -0.39 is 5.60 Å². The highest BCUT2D eigenvalue weighted by Gasteiger charge is 2.18. The van der Waals surface area contributed by atoms with Crippen LogP contribution in [0.1, 0.15) is 6.92 Å². The van der Waals surface area contributed by atoms with E-state index in [1.165, 1.54) is 12.1 Å². The zero-order valence-electron chi connectivity index (χ0n) is 8.10. The number of ether oxygens (including phenoxy) is 1. The van der Waals surface area contributed by atoms with Crippen molar-refractivity contribution in [1.29, 1.82) is 0 Å². The molecule has 0 spiro atoms. The van der Waals surface area contributed by atoms with Gasteiger partial charge in [0.15, 0.2) is 0 Å². The summed E-state index contributed by atoms with van der Waals surface area (Å²) in [5, 5.41) is 18.5. The van der Waals surface area contributed by atoms with Gasteiger partial charge < -0.3 is 20.7 Å². The first kappa shape index (κ1) is 10.8. The van der Waals surface area contributed by atoms with Gasteiger partial charge in [-0.15, -0.1) is 0 Å². The SMILES string of the molecule is CC(O)(CN)COc1ccc(O)cc1. The fourth-order valence-electron chi connectivity index (χ4n) is 0.840.